The fourth-order valence-electron chi connectivity index (χ4n) is 4.83. The Bertz CT molecular complexity index is 1190. The van der Waals surface area contributed by atoms with Crippen LogP contribution in [0, 0.1) is 11.3 Å². The van der Waals surface area contributed by atoms with Crippen molar-refractivity contribution >= 4 is 28.4 Å². The maximum atomic E-state index is 12.0. The molecule has 5 rings (SSSR count). The lowest BCUT2D eigenvalue weighted by Crippen LogP contribution is -2.48. The van der Waals surface area contributed by atoms with Crippen molar-refractivity contribution in [2.45, 2.75) is 45.3 Å². The quantitative estimate of drug-likeness (QED) is 0.601. The summed E-state index contributed by atoms with van der Waals surface area (Å²) in [7, 11) is 0. The van der Waals surface area contributed by atoms with Crippen molar-refractivity contribution < 1.29 is 9.90 Å². The molecule has 34 heavy (non-hydrogen) atoms. The van der Waals surface area contributed by atoms with Crippen molar-refractivity contribution in [3.63, 3.8) is 0 Å². The molecule has 2 N–H and O–H groups in total. The average molecular weight is 462 g/mol. The number of nitrogens with zero attached hydrogens (tertiary/aromatic N) is 6. The van der Waals surface area contributed by atoms with Gasteiger partial charge in [-0.15, -0.1) is 0 Å². The third-order valence-corrected chi connectivity index (χ3v) is 6.54. The van der Waals surface area contributed by atoms with Gasteiger partial charge in [-0.2, -0.15) is 10.2 Å². The summed E-state index contributed by atoms with van der Waals surface area (Å²) in [6, 6.07) is 12.4. The van der Waals surface area contributed by atoms with Crippen LogP contribution in [0.15, 0.2) is 42.7 Å². The van der Waals surface area contributed by atoms with Crippen LogP contribution in [-0.2, 0) is 4.79 Å². The van der Waals surface area contributed by atoms with Gasteiger partial charge >= 0.3 is 0 Å². The minimum Gasteiger partial charge on any atom is -0.393 e. The molecule has 3 heterocycles. The lowest BCUT2D eigenvalue weighted by Gasteiger charge is -2.36. The molecule has 0 spiro atoms. The van der Waals surface area contributed by atoms with E-state index in [0.29, 0.717) is 19.0 Å². The van der Waals surface area contributed by atoms with E-state index in [1.54, 1.807) is 11.1 Å². The molecule has 2 aliphatic rings. The van der Waals surface area contributed by atoms with Gasteiger partial charge in [0.25, 0.3) is 0 Å². The van der Waals surface area contributed by atoms with Gasteiger partial charge in [0.15, 0.2) is 0 Å². The van der Waals surface area contributed by atoms with Gasteiger partial charge in [0, 0.05) is 55.7 Å². The Hall–Kier alpha value is -3.64. The average Bonchev–Trinajstić information content (AvgIpc) is 3.45. The molecule has 3 aromatic rings. The van der Waals surface area contributed by atoms with Crippen LogP contribution < -0.4 is 10.2 Å². The number of nitrogens with one attached hydrogen (secondary N) is 1. The Morgan fingerprint density at radius 3 is 2.74 bits per heavy atom. The minimum absolute atomic E-state index is 0. The monoisotopic (exact) mass is 461 g/mol. The van der Waals surface area contributed by atoms with Gasteiger partial charge < -0.3 is 24.8 Å². The molecule has 1 aliphatic carbocycles. The number of aliphatic hydroxyl groups excluding tert-OH is 1. The first kappa shape index (κ1) is 23.5. The minimum atomic E-state index is -0.246. The van der Waals surface area contributed by atoms with Crippen LogP contribution in [0.2, 0.25) is 0 Å². The summed E-state index contributed by atoms with van der Waals surface area (Å²) in [5.74, 6) is 1.26. The SMILES string of the molecule is C.N#CCC(=O)N1CCN(c2cccc3c2ccn3-c2ccnc(N[C@@H]3CC[C@H](O)C3)n2)CC1. The Kier molecular flexibility index (Phi) is 6.98. The van der Waals surface area contributed by atoms with E-state index in [9.17, 15) is 9.90 Å². The molecular weight excluding hydrogens is 430 g/mol. The third-order valence-electron chi connectivity index (χ3n) is 6.54. The van der Waals surface area contributed by atoms with Crippen LogP contribution in [0.1, 0.15) is 33.1 Å². The van der Waals surface area contributed by atoms with E-state index in [-0.39, 0.29) is 31.9 Å². The van der Waals surface area contributed by atoms with Gasteiger partial charge in [0.2, 0.25) is 11.9 Å². The molecule has 1 aromatic carbocycles. The zero-order chi connectivity index (χ0) is 22.8. The zero-order valence-electron chi connectivity index (χ0n) is 18.4. The topological polar surface area (TPSA) is 110 Å². The van der Waals surface area contributed by atoms with Gasteiger partial charge in [-0.05, 0) is 43.5 Å². The molecule has 2 aromatic heterocycles. The molecule has 2 fully saturated rings. The van der Waals surface area contributed by atoms with Crippen LogP contribution >= 0.6 is 0 Å². The number of aromatic nitrogens is 3. The third kappa shape index (κ3) is 4.68. The van der Waals surface area contributed by atoms with Crippen molar-refractivity contribution in [2.24, 2.45) is 0 Å². The Morgan fingerprint density at radius 2 is 2.00 bits per heavy atom. The first-order chi connectivity index (χ1) is 16.1. The van der Waals surface area contributed by atoms with Crippen LogP contribution in [0.4, 0.5) is 11.6 Å². The lowest BCUT2D eigenvalue weighted by atomic mass is 10.1. The number of carbonyl (C=O) groups is 1. The zero-order valence-corrected chi connectivity index (χ0v) is 18.4. The number of benzene rings is 1. The summed E-state index contributed by atoms with van der Waals surface area (Å²) in [6.45, 7) is 2.70. The van der Waals surface area contributed by atoms with E-state index in [0.717, 1.165) is 54.8 Å². The van der Waals surface area contributed by atoms with Crippen LogP contribution in [0.25, 0.3) is 16.7 Å². The molecular formula is C25H31N7O2. The first-order valence-electron chi connectivity index (χ1n) is 11.4. The number of rotatable bonds is 5. The molecule has 0 radical (unpaired) electrons. The molecule has 1 aliphatic heterocycles. The van der Waals surface area contributed by atoms with Crippen molar-refractivity contribution in [1.29, 1.82) is 5.26 Å². The molecule has 1 saturated heterocycles. The van der Waals surface area contributed by atoms with E-state index < -0.39 is 0 Å². The molecule has 0 unspecified atom stereocenters. The number of fused-ring (bicyclic) bond motifs is 1. The van der Waals surface area contributed by atoms with Crippen molar-refractivity contribution in [2.75, 3.05) is 36.4 Å². The molecule has 1 amide bonds. The number of aliphatic hydroxyl groups is 1. The van der Waals surface area contributed by atoms with Gasteiger partial charge in [0.1, 0.15) is 12.2 Å². The summed E-state index contributed by atoms with van der Waals surface area (Å²) in [5.41, 5.74) is 2.18. The maximum Gasteiger partial charge on any atom is 0.236 e. The number of anilines is 2. The van der Waals surface area contributed by atoms with Crippen LogP contribution in [-0.4, -0.2) is 68.8 Å². The summed E-state index contributed by atoms with van der Waals surface area (Å²) >= 11 is 0. The number of piperazine rings is 1. The second-order valence-corrected chi connectivity index (χ2v) is 8.64. The van der Waals surface area contributed by atoms with Crippen molar-refractivity contribution in [1.82, 2.24) is 19.4 Å². The van der Waals surface area contributed by atoms with E-state index in [4.69, 9.17) is 10.2 Å². The standard InChI is InChI=1S/C24H27N7O2.CH4/c25-9-6-23(33)30-14-12-29(13-15-30)20-2-1-3-21-19(20)8-11-31(21)22-7-10-26-24(28-22)27-17-4-5-18(32)16-17;/h1-3,7-8,10-11,17-18,32H,4-6,12-16H2,(H,26,27,28);1H4/t17-,18+;/m1./s1. The van der Waals surface area contributed by atoms with Crippen molar-refractivity contribution in [3.8, 4) is 11.9 Å². The van der Waals surface area contributed by atoms with Gasteiger partial charge in [0.05, 0.1) is 17.7 Å². The van der Waals surface area contributed by atoms with Gasteiger partial charge in [-0.25, -0.2) is 4.98 Å². The Balaban J connectivity index is 0.00000274. The predicted octanol–water partition coefficient (Wildman–Crippen LogP) is 2.94. The van der Waals surface area contributed by atoms with Gasteiger partial charge in [-0.1, -0.05) is 13.5 Å². The highest BCUT2D eigenvalue weighted by atomic mass is 16.3. The lowest BCUT2D eigenvalue weighted by molar-refractivity contribution is -0.130. The number of hydrogen-bond acceptors (Lipinski definition) is 7. The van der Waals surface area contributed by atoms with Gasteiger partial charge in [-0.3, -0.25) is 4.79 Å². The molecule has 1 saturated carbocycles. The normalized spacial score (nSPS) is 20.1. The fraction of sp³-hybridized carbons (Fsp3) is 0.440. The Labute approximate surface area is 199 Å². The fourth-order valence-corrected chi connectivity index (χ4v) is 4.83. The number of hydrogen-bond donors (Lipinski definition) is 2. The van der Waals surface area contributed by atoms with Crippen LogP contribution in [0.5, 0.6) is 0 Å². The molecule has 2 atom stereocenters. The number of amides is 1. The van der Waals surface area contributed by atoms with E-state index in [1.165, 1.54) is 0 Å². The highest BCUT2D eigenvalue weighted by Crippen LogP contribution is 2.30. The maximum absolute atomic E-state index is 12.0. The summed E-state index contributed by atoms with van der Waals surface area (Å²) in [6.07, 6.45) is 5.91. The summed E-state index contributed by atoms with van der Waals surface area (Å²) < 4.78 is 2.06. The highest BCUT2D eigenvalue weighted by molar-refractivity contribution is 5.94. The molecule has 9 heteroatoms. The first-order valence-corrected chi connectivity index (χ1v) is 11.4. The molecule has 178 valence electrons. The smallest absolute Gasteiger partial charge is 0.236 e. The van der Waals surface area contributed by atoms with E-state index in [2.05, 4.69) is 38.0 Å². The van der Waals surface area contributed by atoms with E-state index >= 15 is 0 Å². The van der Waals surface area contributed by atoms with Crippen molar-refractivity contribution in [3.05, 3.63) is 42.7 Å². The second-order valence-electron chi connectivity index (χ2n) is 8.64. The number of carbonyl (C=O) groups excluding carboxylic acids is 1. The predicted molar refractivity (Wildman–Crippen MR) is 132 cm³/mol. The molecule has 0 bridgehead atoms. The summed E-state index contributed by atoms with van der Waals surface area (Å²) in [5, 5.41) is 23.0. The summed E-state index contributed by atoms with van der Waals surface area (Å²) in [4.78, 5) is 25.2. The highest BCUT2D eigenvalue weighted by Gasteiger charge is 2.24. The largest absolute Gasteiger partial charge is 0.393 e. The second kappa shape index (κ2) is 10.1. The molecule has 9 nitrogen and oxygen atoms in total. The Morgan fingerprint density at radius 1 is 1.18 bits per heavy atom. The van der Waals surface area contributed by atoms with Crippen LogP contribution in [0.3, 0.4) is 0 Å². The van der Waals surface area contributed by atoms with E-state index in [1.807, 2.05) is 24.4 Å². The number of nitriles is 1.